The van der Waals surface area contributed by atoms with E-state index in [-0.39, 0.29) is 23.9 Å². The van der Waals surface area contributed by atoms with Crippen LogP contribution in [0.2, 0.25) is 10.0 Å². The van der Waals surface area contributed by atoms with Crippen LogP contribution in [0.25, 0.3) is 0 Å². The second-order valence-corrected chi connectivity index (χ2v) is 7.22. The third-order valence-corrected chi connectivity index (χ3v) is 5.30. The van der Waals surface area contributed by atoms with Gasteiger partial charge in [0, 0.05) is 12.1 Å². The van der Waals surface area contributed by atoms with E-state index in [4.69, 9.17) is 23.2 Å². The first-order chi connectivity index (χ1) is 12.6. The fourth-order valence-electron chi connectivity index (χ4n) is 3.26. The van der Waals surface area contributed by atoms with E-state index in [9.17, 15) is 9.59 Å². The Morgan fingerprint density at radius 1 is 0.731 bits per heavy atom. The Bertz CT molecular complexity index is 742. The summed E-state index contributed by atoms with van der Waals surface area (Å²) in [5.74, 6) is -0.445. The van der Waals surface area contributed by atoms with Crippen molar-refractivity contribution in [2.45, 2.75) is 37.8 Å². The summed E-state index contributed by atoms with van der Waals surface area (Å²) in [4.78, 5) is 25.1. The van der Waals surface area contributed by atoms with E-state index in [0.29, 0.717) is 21.2 Å². The van der Waals surface area contributed by atoms with Gasteiger partial charge in [-0.1, -0.05) is 60.3 Å². The second kappa shape index (κ2) is 8.56. The van der Waals surface area contributed by atoms with Gasteiger partial charge in [0.25, 0.3) is 11.8 Å². The molecule has 1 aliphatic rings. The van der Waals surface area contributed by atoms with Crippen LogP contribution >= 0.6 is 23.2 Å². The van der Waals surface area contributed by atoms with Gasteiger partial charge in [-0.3, -0.25) is 9.59 Å². The molecule has 0 aromatic heterocycles. The molecule has 2 N–H and O–H groups in total. The highest BCUT2D eigenvalue weighted by molar-refractivity contribution is 6.34. The van der Waals surface area contributed by atoms with Crippen LogP contribution in [0.15, 0.2) is 48.5 Å². The maximum atomic E-state index is 12.6. The fraction of sp³-hybridized carbons (Fsp3) is 0.300. The van der Waals surface area contributed by atoms with Crippen molar-refractivity contribution in [1.29, 1.82) is 0 Å². The smallest absolute Gasteiger partial charge is 0.253 e. The van der Waals surface area contributed by atoms with Gasteiger partial charge >= 0.3 is 0 Å². The van der Waals surface area contributed by atoms with E-state index >= 15 is 0 Å². The number of carbonyl (C=O) groups excluding carboxylic acids is 2. The van der Waals surface area contributed by atoms with Crippen LogP contribution in [-0.2, 0) is 0 Å². The SMILES string of the molecule is O=C(NC1CCCCC1NC(=O)c1ccccc1Cl)c1ccccc1Cl. The highest BCUT2D eigenvalue weighted by atomic mass is 35.5. The van der Waals surface area contributed by atoms with E-state index in [1.54, 1.807) is 48.5 Å². The van der Waals surface area contributed by atoms with Crippen molar-refractivity contribution in [1.82, 2.24) is 10.6 Å². The highest BCUT2D eigenvalue weighted by Gasteiger charge is 2.29. The van der Waals surface area contributed by atoms with Crippen molar-refractivity contribution in [2.24, 2.45) is 0 Å². The summed E-state index contributed by atoms with van der Waals surface area (Å²) in [6, 6.07) is 13.6. The Morgan fingerprint density at radius 3 is 1.50 bits per heavy atom. The maximum absolute atomic E-state index is 12.6. The summed E-state index contributed by atoms with van der Waals surface area (Å²) < 4.78 is 0. The number of benzene rings is 2. The zero-order chi connectivity index (χ0) is 18.5. The van der Waals surface area contributed by atoms with E-state index < -0.39 is 0 Å². The standard InChI is InChI=1S/C20H20Cl2N2O2/c21-15-9-3-1-7-13(15)19(25)23-17-11-5-6-12-18(17)24-20(26)14-8-2-4-10-16(14)22/h1-4,7-10,17-18H,5-6,11-12H2,(H,23,25)(H,24,26). The Kier molecular flexibility index (Phi) is 6.17. The van der Waals surface area contributed by atoms with E-state index in [1.165, 1.54) is 0 Å². The lowest BCUT2D eigenvalue weighted by Crippen LogP contribution is -2.53. The molecule has 2 aromatic rings. The van der Waals surface area contributed by atoms with Crippen LogP contribution in [0.4, 0.5) is 0 Å². The predicted molar refractivity (Wildman–Crippen MR) is 104 cm³/mol. The largest absolute Gasteiger partial charge is 0.347 e. The molecular weight excluding hydrogens is 371 g/mol. The molecule has 0 bridgehead atoms. The van der Waals surface area contributed by atoms with Crippen molar-refractivity contribution in [3.63, 3.8) is 0 Å². The van der Waals surface area contributed by atoms with Crippen LogP contribution in [0.3, 0.4) is 0 Å². The van der Waals surface area contributed by atoms with Crippen LogP contribution < -0.4 is 10.6 Å². The Morgan fingerprint density at radius 2 is 1.12 bits per heavy atom. The van der Waals surface area contributed by atoms with Crippen LogP contribution in [0, 0.1) is 0 Å². The predicted octanol–water partition coefficient (Wildman–Crippen LogP) is 4.46. The molecule has 136 valence electrons. The normalized spacial score (nSPS) is 19.6. The van der Waals surface area contributed by atoms with Crippen molar-refractivity contribution in [3.8, 4) is 0 Å². The van der Waals surface area contributed by atoms with E-state index in [1.807, 2.05) is 0 Å². The molecule has 2 unspecified atom stereocenters. The quantitative estimate of drug-likeness (QED) is 0.808. The third-order valence-electron chi connectivity index (χ3n) is 4.64. The summed E-state index contributed by atoms with van der Waals surface area (Å²) >= 11 is 12.2. The van der Waals surface area contributed by atoms with Gasteiger partial charge in [-0.05, 0) is 37.1 Å². The topological polar surface area (TPSA) is 58.2 Å². The number of amides is 2. The van der Waals surface area contributed by atoms with Crippen molar-refractivity contribution in [3.05, 3.63) is 69.7 Å². The van der Waals surface area contributed by atoms with Gasteiger partial charge in [0.2, 0.25) is 0 Å². The zero-order valence-electron chi connectivity index (χ0n) is 14.2. The van der Waals surface area contributed by atoms with Gasteiger partial charge in [0.05, 0.1) is 21.2 Å². The lowest BCUT2D eigenvalue weighted by Gasteiger charge is -2.33. The van der Waals surface area contributed by atoms with Crippen molar-refractivity contribution in [2.75, 3.05) is 0 Å². The van der Waals surface area contributed by atoms with Crippen LogP contribution in [0.1, 0.15) is 46.4 Å². The molecule has 0 spiro atoms. The fourth-order valence-corrected chi connectivity index (χ4v) is 3.70. The maximum Gasteiger partial charge on any atom is 0.253 e. The average molecular weight is 391 g/mol. The third kappa shape index (κ3) is 4.37. The molecule has 26 heavy (non-hydrogen) atoms. The number of hydrogen-bond acceptors (Lipinski definition) is 2. The van der Waals surface area contributed by atoms with Crippen LogP contribution in [0.5, 0.6) is 0 Å². The number of nitrogens with one attached hydrogen (secondary N) is 2. The molecule has 0 radical (unpaired) electrons. The molecule has 6 heteroatoms. The van der Waals surface area contributed by atoms with Gasteiger partial charge < -0.3 is 10.6 Å². The van der Waals surface area contributed by atoms with Crippen molar-refractivity contribution < 1.29 is 9.59 Å². The van der Waals surface area contributed by atoms with E-state index in [2.05, 4.69) is 10.6 Å². The minimum Gasteiger partial charge on any atom is -0.347 e. The van der Waals surface area contributed by atoms with Gasteiger partial charge in [0.1, 0.15) is 0 Å². The average Bonchev–Trinajstić information content (AvgIpc) is 2.64. The molecule has 4 nitrogen and oxygen atoms in total. The van der Waals surface area contributed by atoms with Gasteiger partial charge in [-0.25, -0.2) is 0 Å². The number of rotatable bonds is 4. The minimum absolute atomic E-state index is 0.140. The number of halogens is 2. The molecule has 0 saturated heterocycles. The first-order valence-electron chi connectivity index (χ1n) is 8.67. The first-order valence-corrected chi connectivity index (χ1v) is 9.42. The highest BCUT2D eigenvalue weighted by Crippen LogP contribution is 2.22. The summed E-state index contributed by atoms with van der Waals surface area (Å²) in [6.07, 6.45) is 3.63. The molecular formula is C20H20Cl2N2O2. The Hall–Kier alpha value is -2.04. The van der Waals surface area contributed by atoms with Gasteiger partial charge in [-0.2, -0.15) is 0 Å². The Balaban J connectivity index is 1.70. The lowest BCUT2D eigenvalue weighted by molar-refractivity contribution is 0.0863. The lowest BCUT2D eigenvalue weighted by atomic mass is 9.89. The first kappa shape index (κ1) is 18.7. The van der Waals surface area contributed by atoms with Crippen molar-refractivity contribution >= 4 is 35.0 Å². The second-order valence-electron chi connectivity index (χ2n) is 6.40. The molecule has 2 atom stereocenters. The zero-order valence-corrected chi connectivity index (χ0v) is 15.7. The minimum atomic E-state index is -0.223. The molecule has 1 fully saturated rings. The number of hydrogen-bond donors (Lipinski definition) is 2. The molecule has 0 aliphatic heterocycles. The Labute approximate surface area is 162 Å². The summed E-state index contributed by atoms with van der Waals surface area (Å²) in [7, 11) is 0. The summed E-state index contributed by atoms with van der Waals surface area (Å²) in [5.41, 5.74) is 0.881. The molecule has 2 amide bonds. The van der Waals surface area contributed by atoms with Gasteiger partial charge in [0.15, 0.2) is 0 Å². The molecule has 3 rings (SSSR count). The molecule has 1 saturated carbocycles. The monoisotopic (exact) mass is 390 g/mol. The molecule has 2 aromatic carbocycles. The van der Waals surface area contributed by atoms with E-state index in [0.717, 1.165) is 25.7 Å². The number of carbonyl (C=O) groups is 2. The molecule has 0 heterocycles. The summed E-state index contributed by atoms with van der Waals surface area (Å²) in [5, 5.41) is 6.88. The molecule has 1 aliphatic carbocycles. The van der Waals surface area contributed by atoms with Gasteiger partial charge in [-0.15, -0.1) is 0 Å². The van der Waals surface area contributed by atoms with Crippen LogP contribution in [-0.4, -0.2) is 23.9 Å². The summed E-state index contributed by atoms with van der Waals surface area (Å²) in [6.45, 7) is 0.